The van der Waals surface area contributed by atoms with Crippen molar-refractivity contribution < 1.29 is 27.8 Å². The number of aryl methyl sites for hydroxylation is 1. The number of carboxylic acid groups (broad SMARTS) is 1. The third-order valence-corrected chi connectivity index (χ3v) is 4.80. The van der Waals surface area contributed by atoms with Crippen LogP contribution in [-0.4, -0.2) is 20.9 Å². The predicted octanol–water partition coefficient (Wildman–Crippen LogP) is 4.77. The molecule has 0 radical (unpaired) electrons. The number of benzene rings is 2. The minimum atomic E-state index is -4.37. The second kappa shape index (κ2) is 8.61. The van der Waals surface area contributed by atoms with Crippen LogP contribution in [0.3, 0.4) is 0 Å². The number of halogens is 3. The van der Waals surface area contributed by atoms with Crippen LogP contribution in [0, 0.1) is 13.8 Å². The minimum absolute atomic E-state index is 0.0576. The van der Waals surface area contributed by atoms with Crippen molar-refractivity contribution in [2.24, 2.45) is 0 Å². The lowest BCUT2D eigenvalue weighted by Crippen LogP contribution is -2.06. The quantitative estimate of drug-likeness (QED) is 0.600. The molecule has 1 aromatic heterocycles. The van der Waals surface area contributed by atoms with E-state index in [1.165, 1.54) is 12.1 Å². The number of ether oxygens (including phenoxy) is 1. The average Bonchev–Trinajstić information content (AvgIpc) is 2.94. The molecule has 0 aliphatic carbocycles. The molecule has 158 valence electrons. The maximum absolute atomic E-state index is 12.6. The number of aromatic nitrogens is 2. The van der Waals surface area contributed by atoms with Crippen LogP contribution in [0.15, 0.2) is 48.5 Å². The van der Waals surface area contributed by atoms with Crippen LogP contribution in [0.2, 0.25) is 0 Å². The van der Waals surface area contributed by atoms with Crippen LogP contribution < -0.4 is 4.74 Å². The van der Waals surface area contributed by atoms with Crippen molar-refractivity contribution in [1.82, 2.24) is 9.78 Å². The lowest BCUT2D eigenvalue weighted by molar-refractivity contribution is -0.138. The van der Waals surface area contributed by atoms with Crippen molar-refractivity contribution in [3.63, 3.8) is 0 Å². The lowest BCUT2D eigenvalue weighted by atomic mass is 10.1. The van der Waals surface area contributed by atoms with Gasteiger partial charge in [-0.3, -0.25) is 9.48 Å². The average molecular weight is 418 g/mol. The number of aliphatic carboxylic acids is 1. The predicted molar refractivity (Wildman–Crippen MR) is 104 cm³/mol. The fourth-order valence-electron chi connectivity index (χ4n) is 3.12. The summed E-state index contributed by atoms with van der Waals surface area (Å²) in [6.45, 7) is 4.38. The Morgan fingerprint density at radius 3 is 2.20 bits per heavy atom. The Balaban J connectivity index is 1.61. The number of alkyl halides is 3. The SMILES string of the molecule is Cc1nn(Cc2ccc(COc3ccc(C(F)(F)F)cc3)cc2)c(C)c1CC(=O)O. The van der Waals surface area contributed by atoms with Gasteiger partial charge in [-0.15, -0.1) is 0 Å². The van der Waals surface area contributed by atoms with Crippen LogP contribution in [0.25, 0.3) is 0 Å². The van der Waals surface area contributed by atoms with Crippen molar-refractivity contribution in [3.05, 3.63) is 82.2 Å². The van der Waals surface area contributed by atoms with Gasteiger partial charge in [0.15, 0.2) is 0 Å². The van der Waals surface area contributed by atoms with Gasteiger partial charge in [-0.1, -0.05) is 24.3 Å². The third-order valence-electron chi connectivity index (χ3n) is 4.80. The van der Waals surface area contributed by atoms with Crippen LogP contribution in [-0.2, 0) is 30.5 Å². The molecule has 0 spiro atoms. The van der Waals surface area contributed by atoms with E-state index in [2.05, 4.69) is 5.10 Å². The van der Waals surface area contributed by atoms with E-state index in [9.17, 15) is 18.0 Å². The van der Waals surface area contributed by atoms with E-state index in [1.54, 1.807) is 11.6 Å². The van der Waals surface area contributed by atoms with E-state index in [1.807, 2.05) is 31.2 Å². The summed E-state index contributed by atoms with van der Waals surface area (Å²) in [5.74, 6) is -0.529. The van der Waals surface area contributed by atoms with Gasteiger partial charge in [0.1, 0.15) is 12.4 Å². The van der Waals surface area contributed by atoms with Gasteiger partial charge in [-0.2, -0.15) is 18.3 Å². The van der Waals surface area contributed by atoms with Gasteiger partial charge in [0.25, 0.3) is 0 Å². The summed E-state index contributed by atoms with van der Waals surface area (Å²) in [7, 11) is 0. The number of carbonyl (C=O) groups is 1. The fraction of sp³-hybridized carbons (Fsp3) is 0.273. The van der Waals surface area contributed by atoms with Crippen molar-refractivity contribution in [2.75, 3.05) is 0 Å². The zero-order chi connectivity index (χ0) is 21.9. The molecule has 30 heavy (non-hydrogen) atoms. The highest BCUT2D eigenvalue weighted by Gasteiger charge is 2.30. The molecule has 3 rings (SSSR count). The Morgan fingerprint density at radius 2 is 1.63 bits per heavy atom. The van der Waals surface area contributed by atoms with Crippen LogP contribution in [0.5, 0.6) is 5.75 Å². The van der Waals surface area contributed by atoms with Crippen molar-refractivity contribution >= 4 is 5.97 Å². The summed E-state index contributed by atoms with van der Waals surface area (Å²) in [4.78, 5) is 11.0. The molecule has 0 fully saturated rings. The summed E-state index contributed by atoms with van der Waals surface area (Å²) in [5.41, 5.74) is 3.40. The molecule has 1 N–H and O–H groups in total. The molecule has 0 aliphatic heterocycles. The van der Waals surface area contributed by atoms with Gasteiger partial charge < -0.3 is 9.84 Å². The molecule has 0 unspecified atom stereocenters. The highest BCUT2D eigenvalue weighted by atomic mass is 19.4. The number of carboxylic acids is 1. The second-order valence-electron chi connectivity index (χ2n) is 7.00. The van der Waals surface area contributed by atoms with E-state index < -0.39 is 17.7 Å². The first-order chi connectivity index (χ1) is 14.1. The highest BCUT2D eigenvalue weighted by molar-refractivity contribution is 5.70. The van der Waals surface area contributed by atoms with Crippen LogP contribution in [0.4, 0.5) is 13.2 Å². The summed E-state index contributed by atoms with van der Waals surface area (Å²) in [6.07, 6.45) is -4.42. The van der Waals surface area contributed by atoms with Crippen LogP contribution in [0.1, 0.15) is 33.6 Å². The number of hydrogen-bond donors (Lipinski definition) is 1. The number of rotatable bonds is 7. The van der Waals surface area contributed by atoms with E-state index in [-0.39, 0.29) is 13.0 Å². The van der Waals surface area contributed by atoms with Gasteiger partial charge in [0, 0.05) is 11.3 Å². The van der Waals surface area contributed by atoms with Gasteiger partial charge in [0.05, 0.1) is 24.2 Å². The van der Waals surface area contributed by atoms with Crippen LogP contribution >= 0.6 is 0 Å². The Hall–Kier alpha value is -3.29. The maximum atomic E-state index is 12.6. The van der Waals surface area contributed by atoms with Gasteiger partial charge >= 0.3 is 12.1 Å². The molecule has 0 bridgehead atoms. The number of nitrogens with zero attached hydrogens (tertiary/aromatic N) is 2. The molecule has 0 aliphatic rings. The molecule has 5 nitrogen and oxygen atoms in total. The molecule has 8 heteroatoms. The molecule has 0 atom stereocenters. The second-order valence-corrected chi connectivity index (χ2v) is 7.00. The monoisotopic (exact) mass is 418 g/mol. The summed E-state index contributed by atoms with van der Waals surface area (Å²) >= 11 is 0. The Kier molecular flexibility index (Phi) is 6.14. The topological polar surface area (TPSA) is 64.4 Å². The largest absolute Gasteiger partial charge is 0.489 e. The smallest absolute Gasteiger partial charge is 0.416 e. The normalized spacial score (nSPS) is 11.5. The molecular weight excluding hydrogens is 397 g/mol. The number of hydrogen-bond acceptors (Lipinski definition) is 3. The molecule has 0 amide bonds. The molecule has 3 aromatic rings. The zero-order valence-corrected chi connectivity index (χ0v) is 16.5. The standard InChI is InChI=1S/C22H21F3N2O3/c1-14-20(11-21(28)29)15(2)27(26-14)12-16-3-5-17(6-4-16)13-30-19-9-7-18(8-10-19)22(23,24)25/h3-10H,11-13H2,1-2H3,(H,28,29). The molecule has 2 aromatic carbocycles. The molecule has 0 saturated carbocycles. The Bertz CT molecular complexity index is 1020. The highest BCUT2D eigenvalue weighted by Crippen LogP contribution is 2.30. The summed E-state index contributed by atoms with van der Waals surface area (Å²) < 4.78 is 45.1. The Labute approximate surface area is 171 Å². The zero-order valence-electron chi connectivity index (χ0n) is 16.5. The molecule has 1 heterocycles. The first kappa shape index (κ1) is 21.4. The maximum Gasteiger partial charge on any atom is 0.416 e. The van der Waals surface area contributed by atoms with E-state index >= 15 is 0 Å². The minimum Gasteiger partial charge on any atom is -0.489 e. The van der Waals surface area contributed by atoms with Crippen molar-refractivity contribution in [1.29, 1.82) is 0 Å². The Morgan fingerprint density at radius 1 is 1.03 bits per heavy atom. The molecule has 0 saturated heterocycles. The van der Waals surface area contributed by atoms with Crippen molar-refractivity contribution in [3.8, 4) is 5.75 Å². The van der Waals surface area contributed by atoms with Gasteiger partial charge in [-0.05, 0) is 49.2 Å². The first-order valence-corrected chi connectivity index (χ1v) is 9.26. The third kappa shape index (κ3) is 5.20. The first-order valence-electron chi connectivity index (χ1n) is 9.26. The van der Waals surface area contributed by atoms with Gasteiger partial charge in [0.2, 0.25) is 0 Å². The summed E-state index contributed by atoms with van der Waals surface area (Å²) in [5, 5.41) is 13.5. The van der Waals surface area contributed by atoms with E-state index in [0.717, 1.165) is 34.5 Å². The van der Waals surface area contributed by atoms with E-state index in [0.29, 0.717) is 18.0 Å². The van der Waals surface area contributed by atoms with Gasteiger partial charge in [-0.25, -0.2) is 0 Å². The molecular formula is C22H21F3N2O3. The summed E-state index contributed by atoms with van der Waals surface area (Å²) in [6, 6.07) is 12.2. The lowest BCUT2D eigenvalue weighted by Gasteiger charge is -2.10. The fourth-order valence-corrected chi connectivity index (χ4v) is 3.12. The van der Waals surface area contributed by atoms with E-state index in [4.69, 9.17) is 9.84 Å². The van der Waals surface area contributed by atoms with Crippen molar-refractivity contribution in [2.45, 2.75) is 39.6 Å².